The molecule has 1 rings (SSSR count). The molecule has 0 amide bonds. The smallest absolute Gasteiger partial charge is 0.231 e. The first-order chi connectivity index (χ1) is 9.93. The summed E-state index contributed by atoms with van der Waals surface area (Å²) in [5.41, 5.74) is 0. The molecule has 2 N–H and O–H groups in total. The quantitative estimate of drug-likeness (QED) is 0.715. The van der Waals surface area contributed by atoms with Gasteiger partial charge in [-0.2, -0.15) is 15.0 Å². The average Bonchev–Trinajstić information content (AvgIpc) is 2.44. The molecule has 21 heavy (non-hydrogen) atoms. The van der Waals surface area contributed by atoms with Crippen LogP contribution in [0.5, 0.6) is 0 Å². The van der Waals surface area contributed by atoms with Crippen molar-refractivity contribution in [1.82, 2.24) is 19.9 Å². The van der Waals surface area contributed by atoms with E-state index in [-0.39, 0.29) is 0 Å². The number of aromatic nitrogens is 3. The van der Waals surface area contributed by atoms with Gasteiger partial charge in [-0.1, -0.05) is 6.92 Å². The Morgan fingerprint density at radius 2 is 1.52 bits per heavy atom. The van der Waals surface area contributed by atoms with Crippen LogP contribution in [-0.2, 0) is 0 Å². The summed E-state index contributed by atoms with van der Waals surface area (Å²) >= 11 is 0. The van der Waals surface area contributed by atoms with Gasteiger partial charge in [-0.05, 0) is 27.3 Å². The first-order valence-corrected chi connectivity index (χ1v) is 7.55. The number of hydrogen-bond acceptors (Lipinski definition) is 7. The summed E-state index contributed by atoms with van der Waals surface area (Å²) < 4.78 is 0. The van der Waals surface area contributed by atoms with Crippen molar-refractivity contribution < 1.29 is 0 Å². The first kappa shape index (κ1) is 17.4. The molecule has 0 radical (unpaired) electrons. The van der Waals surface area contributed by atoms with Gasteiger partial charge < -0.3 is 20.4 Å². The van der Waals surface area contributed by atoms with Crippen molar-refractivity contribution in [2.75, 3.05) is 56.3 Å². The predicted octanol–water partition coefficient (Wildman–Crippen LogP) is 1.51. The Morgan fingerprint density at radius 1 is 0.952 bits per heavy atom. The fourth-order valence-electron chi connectivity index (χ4n) is 1.56. The van der Waals surface area contributed by atoms with Crippen molar-refractivity contribution in [2.24, 2.45) is 0 Å². The maximum Gasteiger partial charge on any atom is 0.231 e. The zero-order chi connectivity index (χ0) is 15.8. The second-order valence-electron chi connectivity index (χ2n) is 5.60. The normalized spacial score (nSPS) is 11.0. The minimum atomic E-state index is 0.532. The fourth-order valence-corrected chi connectivity index (χ4v) is 1.56. The topological polar surface area (TPSA) is 69.2 Å². The highest BCUT2D eigenvalue weighted by atomic mass is 15.3. The molecular weight excluding hydrogens is 266 g/mol. The van der Waals surface area contributed by atoms with E-state index in [1.807, 2.05) is 19.0 Å². The summed E-state index contributed by atoms with van der Waals surface area (Å²) in [4.78, 5) is 17.4. The van der Waals surface area contributed by atoms with E-state index >= 15 is 0 Å². The Morgan fingerprint density at radius 3 is 2.00 bits per heavy atom. The van der Waals surface area contributed by atoms with Crippen molar-refractivity contribution in [3.05, 3.63) is 0 Å². The highest BCUT2D eigenvalue weighted by Crippen LogP contribution is 2.11. The highest BCUT2D eigenvalue weighted by molar-refractivity contribution is 5.42. The Kier molecular flexibility index (Phi) is 7.14. The molecule has 0 atom stereocenters. The van der Waals surface area contributed by atoms with Crippen LogP contribution in [0.3, 0.4) is 0 Å². The zero-order valence-corrected chi connectivity index (χ0v) is 14.1. The van der Waals surface area contributed by atoms with Crippen LogP contribution in [0.15, 0.2) is 0 Å². The molecule has 0 bridgehead atoms. The van der Waals surface area contributed by atoms with Gasteiger partial charge in [0.1, 0.15) is 0 Å². The lowest BCUT2D eigenvalue weighted by atomic mass is 10.3. The number of nitrogens with zero attached hydrogens (tertiary/aromatic N) is 5. The Labute approximate surface area is 128 Å². The highest BCUT2D eigenvalue weighted by Gasteiger charge is 2.08. The van der Waals surface area contributed by atoms with Crippen LogP contribution in [0, 0.1) is 0 Å². The molecular formula is C14H29N7. The van der Waals surface area contributed by atoms with Crippen molar-refractivity contribution in [3.8, 4) is 0 Å². The molecule has 0 saturated heterocycles. The van der Waals surface area contributed by atoms with Crippen LogP contribution in [-0.4, -0.2) is 66.7 Å². The van der Waals surface area contributed by atoms with Gasteiger partial charge in [0.05, 0.1) is 0 Å². The molecule has 0 aromatic carbocycles. The predicted molar refractivity (Wildman–Crippen MR) is 89.2 cm³/mol. The first-order valence-electron chi connectivity index (χ1n) is 7.55. The van der Waals surface area contributed by atoms with Crippen LogP contribution in [0.25, 0.3) is 0 Å². The van der Waals surface area contributed by atoms with Crippen LogP contribution in [0.1, 0.15) is 27.2 Å². The Balaban J connectivity index is 2.69. The van der Waals surface area contributed by atoms with E-state index in [1.165, 1.54) is 0 Å². The lowest BCUT2D eigenvalue weighted by Crippen LogP contribution is -2.31. The zero-order valence-electron chi connectivity index (χ0n) is 14.1. The largest absolute Gasteiger partial charge is 0.354 e. The molecule has 0 saturated carbocycles. The summed E-state index contributed by atoms with van der Waals surface area (Å²) in [6, 6.07) is 0.532. The lowest BCUT2D eigenvalue weighted by Gasteiger charge is -2.21. The Bertz CT molecular complexity index is 420. The van der Waals surface area contributed by atoms with Gasteiger partial charge in [0.2, 0.25) is 17.8 Å². The van der Waals surface area contributed by atoms with Crippen molar-refractivity contribution in [3.63, 3.8) is 0 Å². The maximum absolute atomic E-state index is 4.42. The van der Waals surface area contributed by atoms with E-state index in [0.717, 1.165) is 26.1 Å². The summed E-state index contributed by atoms with van der Waals surface area (Å²) in [6.45, 7) is 9.07. The third-order valence-corrected chi connectivity index (χ3v) is 3.19. The molecule has 1 aromatic heterocycles. The van der Waals surface area contributed by atoms with Gasteiger partial charge in [0.15, 0.2) is 0 Å². The lowest BCUT2D eigenvalue weighted by molar-refractivity contribution is 0.284. The Hall–Kier alpha value is -1.63. The van der Waals surface area contributed by atoms with Gasteiger partial charge in [0.25, 0.3) is 0 Å². The van der Waals surface area contributed by atoms with E-state index in [2.05, 4.69) is 58.3 Å². The number of likely N-dealkylation sites (N-methyl/N-ethyl adjacent to an activating group) is 1. The molecule has 0 aliphatic heterocycles. The third kappa shape index (κ3) is 6.12. The monoisotopic (exact) mass is 295 g/mol. The summed E-state index contributed by atoms with van der Waals surface area (Å²) in [5, 5.41) is 6.48. The minimum Gasteiger partial charge on any atom is -0.354 e. The van der Waals surface area contributed by atoms with Gasteiger partial charge in [0, 0.05) is 39.8 Å². The van der Waals surface area contributed by atoms with Crippen LogP contribution < -0.4 is 15.5 Å². The molecule has 0 fully saturated rings. The summed E-state index contributed by atoms with van der Waals surface area (Å²) in [7, 11) is 5.96. The van der Waals surface area contributed by atoms with Crippen molar-refractivity contribution >= 4 is 17.8 Å². The number of anilines is 3. The van der Waals surface area contributed by atoms with Crippen LogP contribution in [0.4, 0.5) is 17.8 Å². The molecule has 0 aliphatic rings. The molecule has 0 unspecified atom stereocenters. The second kappa shape index (κ2) is 8.61. The van der Waals surface area contributed by atoms with Gasteiger partial charge in [-0.15, -0.1) is 0 Å². The SMILES string of the molecule is CCCNc1nc(NCCN(C)C(C)C)nc(N(C)C)n1. The summed E-state index contributed by atoms with van der Waals surface area (Å²) in [5.74, 6) is 1.89. The standard InChI is InChI=1S/C14H29N7/c1-7-8-15-12-17-13(19-14(18-12)20(4)5)16-9-10-21(6)11(2)3/h11H,7-10H2,1-6H3,(H2,15,16,17,18,19). The molecule has 1 heterocycles. The molecule has 120 valence electrons. The van der Waals surface area contributed by atoms with E-state index in [1.54, 1.807) is 0 Å². The van der Waals surface area contributed by atoms with Gasteiger partial charge >= 0.3 is 0 Å². The second-order valence-corrected chi connectivity index (χ2v) is 5.60. The molecule has 7 nitrogen and oxygen atoms in total. The van der Waals surface area contributed by atoms with E-state index < -0.39 is 0 Å². The number of nitrogens with one attached hydrogen (secondary N) is 2. The number of rotatable bonds is 9. The third-order valence-electron chi connectivity index (χ3n) is 3.19. The minimum absolute atomic E-state index is 0.532. The van der Waals surface area contributed by atoms with E-state index in [9.17, 15) is 0 Å². The van der Waals surface area contributed by atoms with Crippen molar-refractivity contribution in [2.45, 2.75) is 33.2 Å². The summed E-state index contributed by atoms with van der Waals surface area (Å²) in [6.07, 6.45) is 1.03. The fraction of sp³-hybridized carbons (Fsp3) is 0.786. The molecule has 0 spiro atoms. The maximum atomic E-state index is 4.42. The van der Waals surface area contributed by atoms with Crippen LogP contribution in [0.2, 0.25) is 0 Å². The van der Waals surface area contributed by atoms with E-state index in [0.29, 0.717) is 23.9 Å². The molecule has 1 aromatic rings. The molecule has 7 heteroatoms. The van der Waals surface area contributed by atoms with Crippen molar-refractivity contribution in [1.29, 1.82) is 0 Å². The average molecular weight is 295 g/mol. The molecule has 0 aliphatic carbocycles. The van der Waals surface area contributed by atoms with E-state index in [4.69, 9.17) is 0 Å². The van der Waals surface area contributed by atoms with Gasteiger partial charge in [-0.3, -0.25) is 0 Å². The van der Waals surface area contributed by atoms with Crippen LogP contribution >= 0.6 is 0 Å². The van der Waals surface area contributed by atoms with Gasteiger partial charge in [-0.25, -0.2) is 0 Å². The number of hydrogen-bond donors (Lipinski definition) is 2.